The van der Waals surface area contributed by atoms with Gasteiger partial charge in [0.15, 0.2) is 5.13 Å². The van der Waals surface area contributed by atoms with Gasteiger partial charge in [-0.25, -0.2) is 4.98 Å². The second-order valence-electron chi connectivity index (χ2n) is 6.93. The number of nitrogens with one attached hydrogen (secondary N) is 2. The molecule has 2 amide bonds. The number of aromatic nitrogens is 1. The Labute approximate surface area is 180 Å². The first kappa shape index (κ1) is 22.7. The molecule has 28 heavy (non-hydrogen) atoms. The van der Waals surface area contributed by atoms with Gasteiger partial charge in [-0.05, 0) is 32.3 Å². The molecule has 4 rings (SSSR count). The van der Waals surface area contributed by atoms with E-state index in [4.69, 9.17) is 4.42 Å². The van der Waals surface area contributed by atoms with Crippen LogP contribution in [0.2, 0.25) is 0 Å². The molecule has 2 unspecified atom stereocenters. The normalized spacial score (nSPS) is 20.7. The van der Waals surface area contributed by atoms with Crippen LogP contribution in [-0.4, -0.2) is 46.9 Å². The Kier molecular flexibility index (Phi) is 7.88. The molecule has 10 heteroatoms. The van der Waals surface area contributed by atoms with Gasteiger partial charge < -0.3 is 14.6 Å². The summed E-state index contributed by atoms with van der Waals surface area (Å²) in [7, 11) is 0. The number of carbonyl (C=O) groups is 2. The van der Waals surface area contributed by atoms with Crippen LogP contribution in [0.25, 0.3) is 0 Å². The summed E-state index contributed by atoms with van der Waals surface area (Å²) >= 11 is 1.33. The van der Waals surface area contributed by atoms with Crippen LogP contribution in [-0.2, 0) is 11.2 Å². The van der Waals surface area contributed by atoms with Crippen LogP contribution in [0, 0.1) is 6.92 Å². The molecule has 154 valence electrons. The van der Waals surface area contributed by atoms with Crippen molar-refractivity contribution in [2.24, 2.45) is 0 Å². The number of nitrogens with zero attached hydrogens (tertiary/aromatic N) is 2. The van der Waals surface area contributed by atoms with Gasteiger partial charge in [-0.3, -0.25) is 14.9 Å². The van der Waals surface area contributed by atoms with Crippen LogP contribution in [0.4, 0.5) is 5.13 Å². The largest absolute Gasteiger partial charge is 0.469 e. The number of rotatable bonds is 4. The van der Waals surface area contributed by atoms with Crippen molar-refractivity contribution in [2.75, 3.05) is 18.4 Å². The summed E-state index contributed by atoms with van der Waals surface area (Å²) in [4.78, 5) is 31.2. The van der Waals surface area contributed by atoms with Crippen molar-refractivity contribution in [3.63, 3.8) is 0 Å². The van der Waals surface area contributed by atoms with E-state index in [-0.39, 0.29) is 43.0 Å². The van der Waals surface area contributed by atoms with E-state index in [9.17, 15) is 9.59 Å². The van der Waals surface area contributed by atoms with E-state index in [0.29, 0.717) is 34.2 Å². The molecule has 2 atom stereocenters. The lowest BCUT2D eigenvalue weighted by molar-refractivity contribution is -0.130. The van der Waals surface area contributed by atoms with Gasteiger partial charge in [-0.2, -0.15) is 0 Å². The lowest BCUT2D eigenvalue weighted by atomic mass is 10.1. The van der Waals surface area contributed by atoms with E-state index in [1.807, 2.05) is 10.3 Å². The third-order valence-electron chi connectivity index (χ3n) is 5.08. The van der Waals surface area contributed by atoms with Gasteiger partial charge >= 0.3 is 0 Å². The average Bonchev–Trinajstić information content (AvgIpc) is 3.28. The highest BCUT2D eigenvalue weighted by atomic mass is 35.5. The number of anilines is 1. The molecular weight excluding hydrogens is 423 g/mol. The monoisotopic (exact) mass is 446 g/mol. The highest BCUT2D eigenvalue weighted by Gasteiger charge is 2.31. The summed E-state index contributed by atoms with van der Waals surface area (Å²) in [5.74, 6) is 0.421. The Hall–Kier alpha value is -1.61. The number of thiazole rings is 1. The smallest absolute Gasteiger partial charge is 0.260 e. The van der Waals surface area contributed by atoms with Crippen molar-refractivity contribution in [1.82, 2.24) is 15.2 Å². The van der Waals surface area contributed by atoms with E-state index >= 15 is 0 Å². The molecule has 2 aromatic heterocycles. The third-order valence-corrected chi connectivity index (χ3v) is 5.89. The van der Waals surface area contributed by atoms with Crippen molar-refractivity contribution < 1.29 is 14.0 Å². The number of carbonyl (C=O) groups excluding carboxylic acids is 2. The third kappa shape index (κ3) is 5.05. The van der Waals surface area contributed by atoms with Crippen LogP contribution >= 0.6 is 36.2 Å². The van der Waals surface area contributed by atoms with Gasteiger partial charge in [0.05, 0.1) is 23.9 Å². The minimum absolute atomic E-state index is 0. The summed E-state index contributed by atoms with van der Waals surface area (Å²) < 4.78 is 5.15. The summed E-state index contributed by atoms with van der Waals surface area (Å²) in [6, 6.07) is 2.62. The van der Waals surface area contributed by atoms with Gasteiger partial charge in [0, 0.05) is 30.6 Å². The van der Waals surface area contributed by atoms with Crippen LogP contribution in [0.15, 0.2) is 22.1 Å². The maximum Gasteiger partial charge on any atom is 0.260 e. The van der Waals surface area contributed by atoms with E-state index in [0.717, 1.165) is 25.9 Å². The second kappa shape index (κ2) is 9.73. The van der Waals surface area contributed by atoms with Gasteiger partial charge in [-0.15, -0.1) is 36.2 Å². The summed E-state index contributed by atoms with van der Waals surface area (Å²) in [5.41, 5.74) is 1.19. The lowest BCUT2D eigenvalue weighted by Gasteiger charge is -2.24. The summed E-state index contributed by atoms with van der Waals surface area (Å²) in [5, 5.41) is 8.67. The highest BCUT2D eigenvalue weighted by Crippen LogP contribution is 2.22. The SMILES string of the molecule is Cc1occc1C(=O)Nc1nc(CC(=O)N2CCC3CCC(C2)N3)cs1.Cl.Cl. The molecule has 7 nitrogen and oxygen atoms in total. The van der Waals surface area contributed by atoms with E-state index in [2.05, 4.69) is 15.6 Å². The van der Waals surface area contributed by atoms with Crippen molar-refractivity contribution in [2.45, 2.75) is 44.7 Å². The number of hydrogen-bond donors (Lipinski definition) is 2. The molecule has 4 heterocycles. The number of fused-ring (bicyclic) bond motifs is 2. The number of aryl methyl sites for hydroxylation is 1. The molecule has 0 saturated carbocycles. The lowest BCUT2D eigenvalue weighted by Crippen LogP contribution is -2.39. The van der Waals surface area contributed by atoms with E-state index in [1.54, 1.807) is 13.0 Å². The van der Waals surface area contributed by atoms with Crippen molar-refractivity contribution in [1.29, 1.82) is 0 Å². The Bertz CT molecular complexity index is 825. The minimum Gasteiger partial charge on any atom is -0.469 e. The van der Waals surface area contributed by atoms with Gasteiger partial charge in [0.25, 0.3) is 5.91 Å². The molecule has 2 aromatic rings. The predicted octanol–water partition coefficient (Wildman–Crippen LogP) is 3.04. The first-order chi connectivity index (χ1) is 12.6. The van der Waals surface area contributed by atoms with Crippen LogP contribution < -0.4 is 10.6 Å². The number of furan rings is 1. The number of hydrogen-bond acceptors (Lipinski definition) is 6. The molecule has 0 spiro atoms. The molecule has 2 fully saturated rings. The Morgan fingerprint density at radius 3 is 2.86 bits per heavy atom. The van der Waals surface area contributed by atoms with Crippen LogP contribution in [0.1, 0.15) is 41.1 Å². The summed E-state index contributed by atoms with van der Waals surface area (Å²) in [6.45, 7) is 3.33. The minimum atomic E-state index is -0.252. The first-order valence-electron chi connectivity index (χ1n) is 8.92. The van der Waals surface area contributed by atoms with Crippen LogP contribution in [0.3, 0.4) is 0 Å². The zero-order chi connectivity index (χ0) is 18.1. The number of likely N-dealkylation sites (tertiary alicyclic amines) is 1. The van der Waals surface area contributed by atoms with Crippen molar-refractivity contribution >= 4 is 53.1 Å². The molecule has 0 radical (unpaired) electrons. The first-order valence-corrected chi connectivity index (χ1v) is 9.80. The van der Waals surface area contributed by atoms with Crippen LogP contribution in [0.5, 0.6) is 0 Å². The maximum absolute atomic E-state index is 12.6. The Balaban J connectivity index is 0.00000140. The number of halogens is 2. The molecule has 2 saturated heterocycles. The molecular formula is C18H24Cl2N4O3S. The fourth-order valence-electron chi connectivity index (χ4n) is 3.67. The number of amides is 2. The molecule has 2 N–H and O–H groups in total. The summed E-state index contributed by atoms with van der Waals surface area (Å²) in [6.07, 6.45) is 5.14. The predicted molar refractivity (Wildman–Crippen MR) is 113 cm³/mol. The molecule has 2 aliphatic rings. The fraction of sp³-hybridized carbons (Fsp3) is 0.500. The molecule has 2 bridgehead atoms. The van der Waals surface area contributed by atoms with E-state index in [1.165, 1.54) is 24.0 Å². The Morgan fingerprint density at radius 2 is 2.11 bits per heavy atom. The topological polar surface area (TPSA) is 87.5 Å². The zero-order valence-corrected chi connectivity index (χ0v) is 17.9. The average molecular weight is 447 g/mol. The molecule has 2 aliphatic heterocycles. The molecule has 0 aliphatic carbocycles. The fourth-order valence-corrected chi connectivity index (χ4v) is 4.37. The van der Waals surface area contributed by atoms with Crippen molar-refractivity contribution in [3.8, 4) is 0 Å². The van der Waals surface area contributed by atoms with Crippen molar-refractivity contribution in [3.05, 3.63) is 34.7 Å². The zero-order valence-electron chi connectivity index (χ0n) is 15.5. The van der Waals surface area contributed by atoms with Gasteiger partial charge in [0.1, 0.15) is 5.76 Å². The van der Waals surface area contributed by atoms with Gasteiger partial charge in [-0.1, -0.05) is 0 Å². The quantitative estimate of drug-likeness (QED) is 0.753. The van der Waals surface area contributed by atoms with E-state index < -0.39 is 0 Å². The van der Waals surface area contributed by atoms with Gasteiger partial charge in [0.2, 0.25) is 5.91 Å². The Morgan fingerprint density at radius 1 is 1.32 bits per heavy atom. The highest BCUT2D eigenvalue weighted by molar-refractivity contribution is 7.14. The maximum atomic E-state index is 12.6. The molecule has 0 aromatic carbocycles. The second-order valence-corrected chi connectivity index (χ2v) is 7.79. The standard InChI is InChI=1S/C18H22N4O3S.2ClH/c1-11-15(5-7-25-11)17(24)21-18-20-14(10-26-18)8-16(23)22-6-4-12-2-3-13(9-22)19-12;;/h5,7,10,12-13,19H,2-4,6,8-9H2,1H3,(H,20,21,24);2*1H.